The van der Waals surface area contributed by atoms with Crippen molar-refractivity contribution in [2.24, 2.45) is 0 Å². The number of benzene rings is 1. The van der Waals surface area contributed by atoms with Gasteiger partial charge in [0.15, 0.2) is 0 Å². The van der Waals surface area contributed by atoms with Crippen LogP contribution in [0.5, 0.6) is 11.8 Å². The van der Waals surface area contributed by atoms with Crippen molar-refractivity contribution in [1.29, 1.82) is 5.26 Å². The topological polar surface area (TPSA) is 58.8 Å². The molecule has 0 N–H and O–H groups in total. The van der Waals surface area contributed by atoms with Crippen LogP contribution in [-0.2, 0) is 0 Å². The fraction of sp³-hybridized carbons (Fsp3) is 0. The summed E-state index contributed by atoms with van der Waals surface area (Å²) in [4.78, 5) is 7.91. The van der Waals surface area contributed by atoms with E-state index in [0.29, 0.717) is 16.3 Å². The third-order valence-corrected chi connectivity index (χ3v) is 2.56. The first-order chi connectivity index (χ1) is 8.19. The lowest BCUT2D eigenvalue weighted by atomic mass is 10.2. The second-order valence-electron chi connectivity index (χ2n) is 3.04. The first kappa shape index (κ1) is 11.8. The predicted molar refractivity (Wildman–Crippen MR) is 66.0 cm³/mol. The van der Waals surface area contributed by atoms with Gasteiger partial charge in [-0.1, -0.05) is 11.6 Å². The molecule has 0 bridgehead atoms. The summed E-state index contributed by atoms with van der Waals surface area (Å²) in [5.41, 5.74) is 0.471. The smallest absolute Gasteiger partial charge is 0.321 e. The Morgan fingerprint density at radius 3 is 2.59 bits per heavy atom. The maximum absolute atomic E-state index is 8.69. The summed E-state index contributed by atoms with van der Waals surface area (Å²) in [6.07, 6.45) is 3.14. The van der Waals surface area contributed by atoms with Gasteiger partial charge in [-0.15, -0.1) is 0 Å². The second kappa shape index (κ2) is 5.13. The minimum atomic E-state index is 0.194. The Kier molecular flexibility index (Phi) is 3.57. The van der Waals surface area contributed by atoms with E-state index < -0.39 is 0 Å². The van der Waals surface area contributed by atoms with E-state index in [9.17, 15) is 0 Å². The van der Waals surface area contributed by atoms with Crippen molar-refractivity contribution in [1.82, 2.24) is 9.97 Å². The van der Waals surface area contributed by atoms with Crippen molar-refractivity contribution in [2.75, 3.05) is 0 Å². The molecule has 0 aliphatic heterocycles. The normalized spacial score (nSPS) is 9.71. The maximum atomic E-state index is 8.69. The van der Waals surface area contributed by atoms with Gasteiger partial charge in [-0.05, 0) is 34.1 Å². The van der Waals surface area contributed by atoms with Crippen LogP contribution in [0, 0.1) is 11.3 Å². The summed E-state index contributed by atoms with van der Waals surface area (Å²) in [6, 6.07) is 6.92. The van der Waals surface area contributed by atoms with Crippen LogP contribution < -0.4 is 4.74 Å². The van der Waals surface area contributed by atoms with Crippen molar-refractivity contribution in [3.05, 3.63) is 45.7 Å². The lowest BCUT2D eigenvalue weighted by molar-refractivity contribution is 0.441. The molecule has 0 saturated heterocycles. The number of rotatable bonds is 2. The van der Waals surface area contributed by atoms with E-state index in [2.05, 4.69) is 25.9 Å². The van der Waals surface area contributed by atoms with E-state index in [1.54, 1.807) is 24.5 Å². The quantitative estimate of drug-likeness (QED) is 0.851. The summed E-state index contributed by atoms with van der Waals surface area (Å²) in [7, 11) is 0. The molecule has 0 radical (unpaired) electrons. The molecular weight excluding hydrogens is 305 g/mol. The number of nitrogens with zero attached hydrogens (tertiary/aromatic N) is 3. The van der Waals surface area contributed by atoms with Crippen molar-refractivity contribution in [2.45, 2.75) is 0 Å². The molecule has 1 aromatic carbocycles. The van der Waals surface area contributed by atoms with Gasteiger partial charge in [0.1, 0.15) is 5.75 Å². The van der Waals surface area contributed by atoms with Gasteiger partial charge in [-0.2, -0.15) is 5.26 Å². The first-order valence-electron chi connectivity index (χ1n) is 4.54. The molecule has 0 saturated carbocycles. The zero-order chi connectivity index (χ0) is 12.3. The SMILES string of the molecule is N#Cc1ccc(Oc2ncc(Br)cn2)c(Cl)c1. The standard InChI is InChI=1S/C11H5BrClN3O/c12-8-5-15-11(16-6-8)17-10-2-1-7(4-14)3-9(10)13/h1-3,5-6H. The summed E-state index contributed by atoms with van der Waals surface area (Å²) < 4.78 is 6.14. The van der Waals surface area contributed by atoms with Gasteiger partial charge >= 0.3 is 6.01 Å². The van der Waals surface area contributed by atoms with Gasteiger partial charge in [0.05, 0.1) is 21.1 Å². The third kappa shape index (κ3) is 2.93. The van der Waals surface area contributed by atoms with Gasteiger partial charge < -0.3 is 4.74 Å². The molecule has 84 valence electrons. The van der Waals surface area contributed by atoms with E-state index in [0.717, 1.165) is 4.47 Å². The van der Waals surface area contributed by atoms with Crippen molar-refractivity contribution >= 4 is 27.5 Å². The average Bonchev–Trinajstić information content (AvgIpc) is 2.34. The van der Waals surface area contributed by atoms with E-state index in [4.69, 9.17) is 21.6 Å². The number of ether oxygens (including phenoxy) is 1. The maximum Gasteiger partial charge on any atom is 0.321 e. The second-order valence-corrected chi connectivity index (χ2v) is 4.37. The highest BCUT2D eigenvalue weighted by atomic mass is 79.9. The van der Waals surface area contributed by atoms with Crippen LogP contribution in [0.4, 0.5) is 0 Å². The fourth-order valence-corrected chi connectivity index (χ4v) is 1.53. The van der Waals surface area contributed by atoms with E-state index in [1.807, 2.05) is 6.07 Å². The van der Waals surface area contributed by atoms with Gasteiger partial charge in [0.2, 0.25) is 0 Å². The Morgan fingerprint density at radius 2 is 2.00 bits per heavy atom. The molecule has 0 aliphatic rings. The number of halogens is 2. The molecule has 0 amide bonds. The molecule has 6 heteroatoms. The Hall–Kier alpha value is -1.64. The van der Waals surface area contributed by atoms with E-state index in [-0.39, 0.29) is 6.01 Å². The molecule has 17 heavy (non-hydrogen) atoms. The molecule has 2 rings (SSSR count). The van der Waals surface area contributed by atoms with Crippen molar-refractivity contribution in [3.8, 4) is 17.8 Å². The Bertz CT molecular complexity index is 580. The van der Waals surface area contributed by atoms with Gasteiger partial charge in [0, 0.05) is 12.4 Å². The summed E-state index contributed by atoms with van der Waals surface area (Å²) in [5, 5.41) is 9.04. The molecule has 0 atom stereocenters. The molecule has 0 fully saturated rings. The van der Waals surface area contributed by atoms with Crippen molar-refractivity contribution < 1.29 is 4.74 Å². The van der Waals surface area contributed by atoms with Crippen LogP contribution in [0.2, 0.25) is 5.02 Å². The van der Waals surface area contributed by atoms with Gasteiger partial charge in [0.25, 0.3) is 0 Å². The van der Waals surface area contributed by atoms with Crippen LogP contribution in [0.1, 0.15) is 5.56 Å². The summed E-state index contributed by atoms with van der Waals surface area (Å²) in [6.45, 7) is 0. The Morgan fingerprint density at radius 1 is 1.29 bits per heavy atom. The molecule has 0 unspecified atom stereocenters. The van der Waals surface area contributed by atoms with Crippen molar-refractivity contribution in [3.63, 3.8) is 0 Å². The molecule has 1 aromatic heterocycles. The molecule has 2 aromatic rings. The monoisotopic (exact) mass is 309 g/mol. The zero-order valence-electron chi connectivity index (χ0n) is 8.39. The van der Waals surface area contributed by atoms with Crippen LogP contribution in [0.25, 0.3) is 0 Å². The molecule has 0 spiro atoms. The number of hydrogen-bond donors (Lipinski definition) is 0. The van der Waals surface area contributed by atoms with Gasteiger partial charge in [-0.25, -0.2) is 9.97 Å². The highest BCUT2D eigenvalue weighted by Crippen LogP contribution is 2.28. The third-order valence-electron chi connectivity index (χ3n) is 1.86. The highest BCUT2D eigenvalue weighted by molar-refractivity contribution is 9.10. The van der Waals surface area contributed by atoms with Gasteiger partial charge in [-0.3, -0.25) is 0 Å². The van der Waals surface area contributed by atoms with Crippen LogP contribution in [0.15, 0.2) is 35.1 Å². The molecular formula is C11H5BrClN3O. The highest BCUT2D eigenvalue weighted by Gasteiger charge is 2.06. The zero-order valence-corrected chi connectivity index (χ0v) is 10.7. The largest absolute Gasteiger partial charge is 0.423 e. The van der Waals surface area contributed by atoms with Crippen LogP contribution in [-0.4, -0.2) is 9.97 Å². The van der Waals surface area contributed by atoms with E-state index >= 15 is 0 Å². The number of nitriles is 1. The molecule has 1 heterocycles. The number of aromatic nitrogens is 2. The van der Waals surface area contributed by atoms with E-state index in [1.165, 1.54) is 6.07 Å². The lowest BCUT2D eigenvalue weighted by Crippen LogP contribution is -1.91. The Labute approximate surface area is 111 Å². The molecule has 4 nitrogen and oxygen atoms in total. The fourth-order valence-electron chi connectivity index (χ4n) is 1.10. The first-order valence-corrected chi connectivity index (χ1v) is 5.71. The summed E-state index contributed by atoms with van der Waals surface area (Å²) in [5.74, 6) is 0.410. The Balaban J connectivity index is 2.25. The minimum Gasteiger partial charge on any atom is -0.423 e. The number of hydrogen-bond acceptors (Lipinski definition) is 4. The summed E-state index contributed by atoms with van der Waals surface area (Å²) >= 11 is 9.17. The van der Waals surface area contributed by atoms with Crippen LogP contribution >= 0.6 is 27.5 Å². The van der Waals surface area contributed by atoms with Crippen LogP contribution in [0.3, 0.4) is 0 Å². The molecule has 0 aliphatic carbocycles. The lowest BCUT2D eigenvalue weighted by Gasteiger charge is -2.05. The minimum absolute atomic E-state index is 0.194. The predicted octanol–water partition coefficient (Wildman–Crippen LogP) is 3.56. The average molecular weight is 311 g/mol.